The van der Waals surface area contributed by atoms with Gasteiger partial charge in [-0.2, -0.15) is 0 Å². The van der Waals surface area contributed by atoms with Crippen molar-refractivity contribution >= 4 is 33.4 Å². The van der Waals surface area contributed by atoms with E-state index in [0.717, 1.165) is 50.9 Å². The zero-order chi connectivity index (χ0) is 21.5. The molecule has 3 nitrogen and oxygen atoms in total. The number of halogens is 1. The van der Waals surface area contributed by atoms with Crippen LogP contribution in [0.3, 0.4) is 0 Å². The van der Waals surface area contributed by atoms with Crippen LogP contribution in [0.25, 0.3) is 32.9 Å². The highest BCUT2D eigenvalue weighted by Gasteiger charge is 2.18. The summed E-state index contributed by atoms with van der Waals surface area (Å²) in [4.78, 5) is 4.51. The number of benzene rings is 3. The highest BCUT2D eigenvalue weighted by atomic mass is 35.5. The second-order valence-electron chi connectivity index (χ2n) is 7.82. The summed E-state index contributed by atoms with van der Waals surface area (Å²) in [6.07, 6.45) is 1.21. The summed E-state index contributed by atoms with van der Waals surface area (Å²) in [5.41, 5.74) is 7.23. The first-order chi connectivity index (χ1) is 15.1. The van der Waals surface area contributed by atoms with Gasteiger partial charge in [0.1, 0.15) is 6.10 Å². The normalized spacial score (nSPS) is 12.5. The predicted octanol–water partition coefficient (Wildman–Crippen LogP) is 6.92. The van der Waals surface area contributed by atoms with Crippen molar-refractivity contribution in [3.63, 3.8) is 0 Å². The minimum Gasteiger partial charge on any atom is -0.384 e. The van der Waals surface area contributed by atoms with Crippen LogP contribution >= 0.6 is 11.6 Å². The SMILES string of the molecule is CCn1c2c(-c3ccc(C(O)c4ccccc4)cc3)cc(Cl)cc2c2ccnc(C)c21. The molecule has 2 aromatic heterocycles. The van der Waals surface area contributed by atoms with Crippen LogP contribution in [0.1, 0.15) is 29.8 Å². The Labute approximate surface area is 186 Å². The molecule has 0 aliphatic heterocycles. The van der Waals surface area contributed by atoms with E-state index in [9.17, 15) is 5.11 Å². The van der Waals surface area contributed by atoms with Crippen molar-refractivity contribution in [1.29, 1.82) is 0 Å². The summed E-state index contributed by atoms with van der Waals surface area (Å²) in [6, 6.07) is 24.0. The first kappa shape index (κ1) is 19.8. The van der Waals surface area contributed by atoms with Gasteiger partial charge in [-0.05, 0) is 48.7 Å². The molecule has 2 heterocycles. The minimum absolute atomic E-state index is 0.648. The van der Waals surface area contributed by atoms with Gasteiger partial charge in [0.2, 0.25) is 0 Å². The second kappa shape index (κ2) is 7.84. The van der Waals surface area contributed by atoms with Gasteiger partial charge in [0.25, 0.3) is 0 Å². The van der Waals surface area contributed by atoms with E-state index >= 15 is 0 Å². The van der Waals surface area contributed by atoms with Gasteiger partial charge in [0.05, 0.1) is 16.7 Å². The maximum Gasteiger partial charge on any atom is 0.104 e. The number of nitrogens with zero attached hydrogens (tertiary/aromatic N) is 2. The highest BCUT2D eigenvalue weighted by molar-refractivity contribution is 6.32. The van der Waals surface area contributed by atoms with Gasteiger partial charge in [-0.1, -0.05) is 66.2 Å². The molecule has 0 spiro atoms. The van der Waals surface area contributed by atoms with E-state index in [2.05, 4.69) is 41.6 Å². The van der Waals surface area contributed by atoms with Crippen molar-refractivity contribution in [2.45, 2.75) is 26.5 Å². The molecule has 0 bridgehead atoms. The number of hydrogen-bond donors (Lipinski definition) is 1. The number of aryl methyl sites for hydroxylation is 2. The minimum atomic E-state index is -0.648. The van der Waals surface area contributed by atoms with Crippen molar-refractivity contribution in [2.75, 3.05) is 0 Å². The Kier molecular flexibility index (Phi) is 5.01. The van der Waals surface area contributed by atoms with Crippen LogP contribution in [0.15, 0.2) is 79.0 Å². The first-order valence-corrected chi connectivity index (χ1v) is 10.9. The first-order valence-electron chi connectivity index (χ1n) is 10.5. The van der Waals surface area contributed by atoms with Gasteiger partial charge >= 0.3 is 0 Å². The van der Waals surface area contributed by atoms with Crippen molar-refractivity contribution < 1.29 is 5.11 Å². The van der Waals surface area contributed by atoms with Gasteiger partial charge in [-0.25, -0.2) is 0 Å². The molecule has 0 saturated heterocycles. The molecule has 4 heteroatoms. The third kappa shape index (κ3) is 3.31. The fraction of sp³-hybridized carbons (Fsp3) is 0.148. The molecule has 0 aliphatic carbocycles. The number of pyridine rings is 1. The Morgan fingerprint density at radius 1 is 0.903 bits per heavy atom. The van der Waals surface area contributed by atoms with E-state index in [-0.39, 0.29) is 0 Å². The van der Waals surface area contributed by atoms with Crippen LogP contribution in [0, 0.1) is 6.92 Å². The third-order valence-electron chi connectivity index (χ3n) is 5.98. The van der Waals surface area contributed by atoms with Crippen molar-refractivity contribution in [3.8, 4) is 11.1 Å². The molecule has 0 amide bonds. The summed E-state index contributed by atoms with van der Waals surface area (Å²) in [7, 11) is 0. The number of fused-ring (bicyclic) bond motifs is 3. The van der Waals surface area contributed by atoms with Crippen molar-refractivity contribution in [3.05, 3.63) is 101 Å². The maximum absolute atomic E-state index is 10.7. The van der Waals surface area contributed by atoms with Crippen molar-refractivity contribution in [2.24, 2.45) is 0 Å². The molecule has 3 aromatic carbocycles. The fourth-order valence-electron chi connectivity index (χ4n) is 4.53. The standard InChI is InChI=1S/C27H23ClN2O/c1-3-30-25-17(2)29-14-13-22(25)24-16-21(28)15-23(26(24)30)18-9-11-20(12-10-18)27(31)19-7-5-4-6-8-19/h4-16,27,31H,3H2,1-2H3. The summed E-state index contributed by atoms with van der Waals surface area (Å²) >= 11 is 6.56. The summed E-state index contributed by atoms with van der Waals surface area (Å²) in [5.74, 6) is 0. The molecule has 0 fully saturated rings. The molecule has 1 atom stereocenters. The Balaban J connectivity index is 1.69. The molecule has 5 aromatic rings. The van der Waals surface area contributed by atoms with Crippen LogP contribution in [-0.4, -0.2) is 14.7 Å². The van der Waals surface area contributed by atoms with E-state index in [1.165, 1.54) is 5.39 Å². The van der Waals surface area contributed by atoms with E-state index in [1.54, 1.807) is 0 Å². The molecular formula is C27H23ClN2O. The lowest BCUT2D eigenvalue weighted by molar-refractivity contribution is 0.220. The van der Waals surface area contributed by atoms with Gasteiger partial charge in [0.15, 0.2) is 0 Å². The molecule has 1 N–H and O–H groups in total. The number of hydrogen-bond acceptors (Lipinski definition) is 2. The Hall–Kier alpha value is -3.14. The lowest BCUT2D eigenvalue weighted by Gasteiger charge is -2.14. The molecule has 0 aliphatic rings. The molecule has 154 valence electrons. The highest BCUT2D eigenvalue weighted by Crippen LogP contribution is 2.39. The summed E-state index contributed by atoms with van der Waals surface area (Å²) in [5, 5.41) is 13.8. The van der Waals surface area contributed by atoms with Gasteiger partial charge in [-0.15, -0.1) is 0 Å². The number of aliphatic hydroxyl groups excluding tert-OH is 1. The van der Waals surface area contributed by atoms with E-state index in [0.29, 0.717) is 5.02 Å². The van der Waals surface area contributed by atoms with Gasteiger partial charge < -0.3 is 9.67 Å². The monoisotopic (exact) mass is 426 g/mol. The molecule has 31 heavy (non-hydrogen) atoms. The second-order valence-corrected chi connectivity index (χ2v) is 8.26. The van der Waals surface area contributed by atoms with Crippen LogP contribution in [0.5, 0.6) is 0 Å². The summed E-state index contributed by atoms with van der Waals surface area (Å²) in [6.45, 7) is 5.05. The van der Waals surface area contributed by atoms with E-state index < -0.39 is 6.10 Å². The van der Waals surface area contributed by atoms with Crippen LogP contribution in [0.4, 0.5) is 0 Å². The fourth-order valence-corrected chi connectivity index (χ4v) is 4.75. The number of rotatable bonds is 4. The topological polar surface area (TPSA) is 38.0 Å². The molecule has 1 unspecified atom stereocenters. The smallest absolute Gasteiger partial charge is 0.104 e. The molecule has 5 rings (SSSR count). The molecule has 0 radical (unpaired) electrons. The van der Waals surface area contributed by atoms with Gasteiger partial charge in [-0.3, -0.25) is 4.98 Å². The zero-order valence-corrected chi connectivity index (χ0v) is 18.3. The largest absolute Gasteiger partial charge is 0.384 e. The maximum atomic E-state index is 10.7. The van der Waals surface area contributed by atoms with Crippen LogP contribution in [-0.2, 0) is 6.54 Å². The Morgan fingerprint density at radius 3 is 2.32 bits per heavy atom. The van der Waals surface area contributed by atoms with Crippen LogP contribution < -0.4 is 0 Å². The lowest BCUT2D eigenvalue weighted by Crippen LogP contribution is -1.99. The Bertz CT molecular complexity index is 1390. The average molecular weight is 427 g/mol. The summed E-state index contributed by atoms with van der Waals surface area (Å²) < 4.78 is 2.32. The quantitative estimate of drug-likeness (QED) is 0.338. The number of aromatic nitrogens is 2. The predicted molar refractivity (Wildman–Crippen MR) is 129 cm³/mol. The number of aliphatic hydroxyl groups is 1. The average Bonchev–Trinajstić information content (AvgIpc) is 3.13. The molecular weight excluding hydrogens is 404 g/mol. The van der Waals surface area contributed by atoms with Gasteiger partial charge in [0, 0.05) is 34.1 Å². The van der Waals surface area contributed by atoms with Crippen molar-refractivity contribution in [1.82, 2.24) is 9.55 Å². The zero-order valence-electron chi connectivity index (χ0n) is 17.5. The third-order valence-corrected chi connectivity index (χ3v) is 6.20. The lowest BCUT2D eigenvalue weighted by atomic mass is 9.97. The van der Waals surface area contributed by atoms with E-state index in [1.807, 2.05) is 60.8 Å². The van der Waals surface area contributed by atoms with Crippen LogP contribution in [0.2, 0.25) is 5.02 Å². The van der Waals surface area contributed by atoms with E-state index in [4.69, 9.17) is 11.6 Å². The Morgan fingerprint density at radius 2 is 1.61 bits per heavy atom. The molecule has 0 saturated carbocycles.